The average molecular weight is 413 g/mol. The summed E-state index contributed by atoms with van der Waals surface area (Å²) in [6.45, 7) is -0.566. The molecule has 0 atom stereocenters. The van der Waals surface area contributed by atoms with E-state index in [1.165, 1.54) is 5.56 Å². The van der Waals surface area contributed by atoms with Gasteiger partial charge in [0, 0.05) is 17.5 Å². The third-order valence-electron chi connectivity index (χ3n) is 4.34. The van der Waals surface area contributed by atoms with Crippen LogP contribution in [-0.4, -0.2) is 24.0 Å². The minimum atomic E-state index is -2.93. The van der Waals surface area contributed by atoms with E-state index in [9.17, 15) is 8.78 Å². The van der Waals surface area contributed by atoms with Crippen molar-refractivity contribution in [1.29, 1.82) is 0 Å². The fourth-order valence-corrected chi connectivity index (χ4v) is 3.09. The second-order valence-corrected chi connectivity index (χ2v) is 6.75. The van der Waals surface area contributed by atoms with Crippen molar-refractivity contribution in [2.75, 3.05) is 6.54 Å². The van der Waals surface area contributed by atoms with Gasteiger partial charge < -0.3 is 10.1 Å². The third kappa shape index (κ3) is 5.71. The molecule has 150 valence electrons. The van der Waals surface area contributed by atoms with Crippen LogP contribution < -0.4 is 15.5 Å². The molecule has 0 spiro atoms. The molecule has 0 radical (unpaired) electrons. The number of alkyl halides is 2. The van der Waals surface area contributed by atoms with Crippen LogP contribution in [0, 0.1) is 0 Å². The Morgan fingerprint density at radius 1 is 1.03 bits per heavy atom. The number of thiocarbonyl (C=S) groups is 1. The van der Waals surface area contributed by atoms with E-state index in [1.807, 2.05) is 48.5 Å². The average Bonchev–Trinajstić information content (AvgIpc) is 2.72. The van der Waals surface area contributed by atoms with Crippen LogP contribution in [0.15, 0.2) is 71.8 Å². The summed E-state index contributed by atoms with van der Waals surface area (Å²) in [4.78, 5) is 0. The molecule has 3 aromatic rings. The van der Waals surface area contributed by atoms with Gasteiger partial charge in [-0.05, 0) is 42.6 Å². The zero-order valence-corrected chi connectivity index (χ0v) is 16.7. The monoisotopic (exact) mass is 413 g/mol. The highest BCUT2D eigenvalue weighted by molar-refractivity contribution is 7.80. The molecule has 0 aromatic heterocycles. The Labute approximate surface area is 173 Å². The second kappa shape index (κ2) is 9.93. The highest BCUT2D eigenvalue weighted by atomic mass is 32.1. The molecule has 0 unspecified atom stereocenters. The number of benzene rings is 3. The molecule has 3 aromatic carbocycles. The lowest BCUT2D eigenvalue weighted by atomic mass is 10.0. The predicted octanol–water partition coefficient (Wildman–Crippen LogP) is 4.87. The van der Waals surface area contributed by atoms with Crippen molar-refractivity contribution in [3.8, 4) is 5.75 Å². The molecule has 0 heterocycles. The van der Waals surface area contributed by atoms with E-state index in [0.717, 1.165) is 11.8 Å². The Bertz CT molecular complexity index is 1010. The van der Waals surface area contributed by atoms with Gasteiger partial charge in [0.05, 0.1) is 5.71 Å². The largest absolute Gasteiger partial charge is 0.433 e. The summed E-state index contributed by atoms with van der Waals surface area (Å²) in [5, 5.41) is 9.08. The SMILES string of the molecule is C/C(=N/NC(=S)NCCc1ccccc1)c1ccc2ccccc2c1OC(F)F. The first-order valence-corrected chi connectivity index (χ1v) is 9.54. The van der Waals surface area contributed by atoms with Gasteiger partial charge in [-0.3, -0.25) is 5.43 Å². The van der Waals surface area contributed by atoms with E-state index in [-0.39, 0.29) is 5.75 Å². The van der Waals surface area contributed by atoms with Gasteiger partial charge in [0.15, 0.2) is 5.11 Å². The first-order valence-electron chi connectivity index (χ1n) is 9.13. The lowest BCUT2D eigenvalue weighted by molar-refractivity contribution is -0.0489. The molecule has 0 fully saturated rings. The zero-order chi connectivity index (χ0) is 20.6. The normalized spacial score (nSPS) is 11.5. The standard InChI is InChI=1S/C22H21F2N3OS/c1-15(26-27-22(29)25-14-13-16-7-3-2-4-8-16)18-12-11-17-9-5-6-10-19(17)20(18)28-21(23)24/h2-12,21H,13-14H2,1H3,(H2,25,27,29)/b26-15-. The molecule has 4 nitrogen and oxygen atoms in total. The number of hydrogen-bond donors (Lipinski definition) is 2. The zero-order valence-electron chi connectivity index (χ0n) is 15.9. The van der Waals surface area contributed by atoms with Crippen LogP contribution in [0.4, 0.5) is 8.78 Å². The lowest BCUT2D eigenvalue weighted by Crippen LogP contribution is -2.34. The van der Waals surface area contributed by atoms with Gasteiger partial charge in [0.2, 0.25) is 0 Å². The maximum Gasteiger partial charge on any atom is 0.387 e. The number of rotatable bonds is 7. The molecule has 2 N–H and O–H groups in total. The molecular formula is C22H21F2N3OS. The van der Waals surface area contributed by atoms with Gasteiger partial charge in [-0.15, -0.1) is 0 Å². The fourth-order valence-electron chi connectivity index (χ4n) is 2.94. The fraction of sp³-hybridized carbons (Fsp3) is 0.182. The van der Waals surface area contributed by atoms with Crippen LogP contribution in [0.2, 0.25) is 0 Å². The molecule has 7 heteroatoms. The highest BCUT2D eigenvalue weighted by Crippen LogP contribution is 2.31. The first kappa shape index (κ1) is 20.7. The Hall–Kier alpha value is -3.06. The molecular weight excluding hydrogens is 392 g/mol. The Balaban J connectivity index is 1.68. The van der Waals surface area contributed by atoms with Gasteiger partial charge in [-0.25, -0.2) is 0 Å². The first-order chi connectivity index (χ1) is 14.0. The van der Waals surface area contributed by atoms with Crippen LogP contribution >= 0.6 is 12.2 Å². The second-order valence-electron chi connectivity index (χ2n) is 6.34. The summed E-state index contributed by atoms with van der Waals surface area (Å²) in [6.07, 6.45) is 0.822. The third-order valence-corrected chi connectivity index (χ3v) is 4.58. The van der Waals surface area contributed by atoms with Crippen molar-refractivity contribution >= 4 is 33.8 Å². The van der Waals surface area contributed by atoms with Gasteiger partial charge in [-0.2, -0.15) is 13.9 Å². The molecule has 0 amide bonds. The molecule has 0 aliphatic heterocycles. The molecule has 0 saturated carbocycles. The molecule has 0 bridgehead atoms. The maximum absolute atomic E-state index is 13.0. The Morgan fingerprint density at radius 3 is 2.52 bits per heavy atom. The number of ether oxygens (including phenoxy) is 1. The molecule has 0 aliphatic carbocycles. The summed E-state index contributed by atoms with van der Waals surface area (Å²) < 4.78 is 30.8. The summed E-state index contributed by atoms with van der Waals surface area (Å²) >= 11 is 5.24. The summed E-state index contributed by atoms with van der Waals surface area (Å²) in [6, 6.07) is 20.8. The maximum atomic E-state index is 13.0. The predicted molar refractivity (Wildman–Crippen MR) is 117 cm³/mol. The number of hydrazone groups is 1. The Morgan fingerprint density at radius 2 is 1.76 bits per heavy atom. The summed E-state index contributed by atoms with van der Waals surface area (Å²) in [5.41, 5.74) is 4.92. The van der Waals surface area contributed by atoms with Crippen molar-refractivity contribution in [2.24, 2.45) is 5.10 Å². The van der Waals surface area contributed by atoms with Crippen LogP contribution in [0.3, 0.4) is 0 Å². The summed E-state index contributed by atoms with van der Waals surface area (Å²) in [7, 11) is 0. The topological polar surface area (TPSA) is 45.7 Å². The van der Waals surface area contributed by atoms with E-state index < -0.39 is 6.61 Å². The van der Waals surface area contributed by atoms with Crippen molar-refractivity contribution in [1.82, 2.24) is 10.7 Å². The van der Waals surface area contributed by atoms with Crippen molar-refractivity contribution in [2.45, 2.75) is 20.0 Å². The number of fused-ring (bicyclic) bond motifs is 1. The molecule has 0 saturated heterocycles. The molecule has 0 aliphatic rings. The van der Waals surface area contributed by atoms with E-state index >= 15 is 0 Å². The van der Waals surface area contributed by atoms with E-state index in [2.05, 4.69) is 15.8 Å². The van der Waals surface area contributed by atoms with E-state index in [1.54, 1.807) is 25.1 Å². The van der Waals surface area contributed by atoms with Crippen LogP contribution in [0.1, 0.15) is 18.1 Å². The number of nitrogens with zero attached hydrogens (tertiary/aromatic N) is 1. The van der Waals surface area contributed by atoms with E-state index in [4.69, 9.17) is 17.0 Å². The molecule has 3 rings (SSSR count). The van der Waals surface area contributed by atoms with Crippen LogP contribution in [0.25, 0.3) is 10.8 Å². The van der Waals surface area contributed by atoms with Crippen molar-refractivity contribution in [3.05, 3.63) is 77.9 Å². The van der Waals surface area contributed by atoms with Crippen molar-refractivity contribution < 1.29 is 13.5 Å². The quantitative estimate of drug-likeness (QED) is 0.330. The Kier molecular flexibility index (Phi) is 7.08. The van der Waals surface area contributed by atoms with Crippen LogP contribution in [0.5, 0.6) is 5.75 Å². The highest BCUT2D eigenvalue weighted by Gasteiger charge is 2.15. The number of nitrogens with one attached hydrogen (secondary N) is 2. The van der Waals surface area contributed by atoms with E-state index in [0.29, 0.717) is 28.3 Å². The summed E-state index contributed by atoms with van der Waals surface area (Å²) in [5.74, 6) is 0.101. The van der Waals surface area contributed by atoms with Gasteiger partial charge in [-0.1, -0.05) is 60.7 Å². The minimum Gasteiger partial charge on any atom is -0.433 e. The smallest absolute Gasteiger partial charge is 0.387 e. The van der Waals surface area contributed by atoms with Crippen LogP contribution in [-0.2, 0) is 6.42 Å². The van der Waals surface area contributed by atoms with Gasteiger partial charge in [0.25, 0.3) is 0 Å². The van der Waals surface area contributed by atoms with Crippen molar-refractivity contribution in [3.63, 3.8) is 0 Å². The number of hydrogen-bond acceptors (Lipinski definition) is 3. The van der Waals surface area contributed by atoms with Gasteiger partial charge in [0.1, 0.15) is 5.75 Å². The number of halogens is 2. The minimum absolute atomic E-state index is 0.101. The van der Waals surface area contributed by atoms with Gasteiger partial charge >= 0.3 is 6.61 Å². The molecule has 29 heavy (non-hydrogen) atoms. The lowest BCUT2D eigenvalue weighted by Gasteiger charge is -2.14.